The molecule has 0 aliphatic carbocycles. The molecule has 0 spiro atoms. The maximum absolute atomic E-state index is 12.1. The van der Waals surface area contributed by atoms with Crippen LogP contribution in [-0.4, -0.2) is 50.5 Å². The van der Waals surface area contributed by atoms with Crippen molar-refractivity contribution >= 4 is 33.3 Å². The third-order valence-corrected chi connectivity index (χ3v) is 5.00. The lowest BCUT2D eigenvalue weighted by Crippen LogP contribution is -2.41. The zero-order chi connectivity index (χ0) is 17.6. The quantitative estimate of drug-likeness (QED) is 0.798. The Kier molecular flexibility index (Phi) is 7.02. The summed E-state index contributed by atoms with van der Waals surface area (Å²) in [5, 5.41) is 3.11. The fourth-order valence-electron chi connectivity index (χ4n) is 1.84. The molecule has 6 nitrogen and oxygen atoms in total. The van der Waals surface area contributed by atoms with E-state index in [1.807, 2.05) is 13.8 Å². The molecule has 0 heterocycles. The van der Waals surface area contributed by atoms with Crippen LogP contribution in [0, 0.1) is 0 Å². The first kappa shape index (κ1) is 19.4. The number of rotatable bonds is 7. The predicted octanol–water partition coefficient (Wildman–Crippen LogP) is 1.49. The number of hydrogen-bond donors (Lipinski definition) is 1. The van der Waals surface area contributed by atoms with E-state index in [9.17, 15) is 18.0 Å². The van der Waals surface area contributed by atoms with Gasteiger partial charge in [-0.2, -0.15) is 0 Å². The number of amides is 2. The summed E-state index contributed by atoms with van der Waals surface area (Å²) in [5.74, 6) is -0.998. The smallest absolute Gasteiger partial charge is 0.239 e. The summed E-state index contributed by atoms with van der Waals surface area (Å²) in [6.45, 7) is 3.54. The van der Waals surface area contributed by atoms with Gasteiger partial charge in [0.2, 0.25) is 11.8 Å². The van der Waals surface area contributed by atoms with Crippen molar-refractivity contribution in [3.63, 3.8) is 0 Å². The molecule has 0 radical (unpaired) electrons. The number of sulfone groups is 1. The minimum atomic E-state index is -3.56. The first-order valence-corrected chi connectivity index (χ1v) is 9.16. The number of carbonyl (C=O) groups is 2. The number of hydrogen-bond acceptors (Lipinski definition) is 4. The Balaban J connectivity index is 2.57. The molecule has 0 aliphatic heterocycles. The van der Waals surface area contributed by atoms with Crippen molar-refractivity contribution in [1.82, 2.24) is 10.2 Å². The Morgan fingerprint density at radius 3 is 2.30 bits per heavy atom. The van der Waals surface area contributed by atoms with Gasteiger partial charge in [0.25, 0.3) is 0 Å². The highest BCUT2D eigenvalue weighted by Gasteiger charge is 2.19. The summed E-state index contributed by atoms with van der Waals surface area (Å²) >= 11 is 5.72. The van der Waals surface area contributed by atoms with Gasteiger partial charge in [-0.25, -0.2) is 8.42 Å². The average molecular weight is 361 g/mol. The van der Waals surface area contributed by atoms with Crippen LogP contribution in [0.3, 0.4) is 0 Å². The molecular formula is C15H21ClN2O4S. The second-order valence-electron chi connectivity index (χ2n) is 5.49. The number of halogens is 1. The highest BCUT2D eigenvalue weighted by molar-refractivity contribution is 7.91. The Labute approximate surface area is 141 Å². The standard InChI is InChI=1S/C15H21ClN2O4S/c1-11(2)17-14(19)10-18(3)15(20)8-9-23(21,22)13-6-4-12(16)5-7-13/h4-7,11H,8-10H2,1-3H3,(H,17,19). The Bertz CT molecular complexity index is 657. The van der Waals surface area contributed by atoms with Gasteiger partial charge in [0.1, 0.15) is 0 Å². The van der Waals surface area contributed by atoms with Crippen LogP contribution in [-0.2, 0) is 19.4 Å². The molecule has 2 amide bonds. The van der Waals surface area contributed by atoms with Gasteiger partial charge in [0.15, 0.2) is 9.84 Å². The monoisotopic (exact) mass is 360 g/mol. The molecule has 0 aliphatic rings. The van der Waals surface area contributed by atoms with Crippen LogP contribution in [0.25, 0.3) is 0 Å². The molecule has 1 rings (SSSR count). The van der Waals surface area contributed by atoms with Gasteiger partial charge in [0, 0.05) is 24.5 Å². The largest absolute Gasteiger partial charge is 0.352 e. The maximum atomic E-state index is 12.1. The molecule has 0 bridgehead atoms. The van der Waals surface area contributed by atoms with Crippen molar-refractivity contribution in [2.24, 2.45) is 0 Å². The van der Waals surface area contributed by atoms with Crippen LogP contribution in [0.1, 0.15) is 20.3 Å². The summed E-state index contributed by atoms with van der Waals surface area (Å²) in [6.07, 6.45) is -0.184. The zero-order valence-corrected chi connectivity index (χ0v) is 14.9. The number of nitrogens with one attached hydrogen (secondary N) is 1. The lowest BCUT2D eigenvalue weighted by molar-refractivity contribution is -0.134. The van der Waals surface area contributed by atoms with Crippen LogP contribution in [0.5, 0.6) is 0 Å². The van der Waals surface area contributed by atoms with E-state index in [2.05, 4.69) is 5.32 Å². The summed E-state index contributed by atoms with van der Waals surface area (Å²) in [6, 6.07) is 5.76. The SMILES string of the molecule is CC(C)NC(=O)CN(C)C(=O)CCS(=O)(=O)c1ccc(Cl)cc1. The minimum absolute atomic E-state index is 0.0173. The van der Waals surface area contributed by atoms with Crippen LogP contribution in [0.2, 0.25) is 5.02 Å². The van der Waals surface area contributed by atoms with Crippen molar-refractivity contribution in [1.29, 1.82) is 0 Å². The maximum Gasteiger partial charge on any atom is 0.239 e. The van der Waals surface area contributed by atoms with Crippen molar-refractivity contribution < 1.29 is 18.0 Å². The molecule has 0 unspecified atom stereocenters. The second-order valence-corrected chi connectivity index (χ2v) is 8.04. The topological polar surface area (TPSA) is 83.6 Å². The second kappa shape index (κ2) is 8.31. The van der Waals surface area contributed by atoms with E-state index >= 15 is 0 Å². The predicted molar refractivity (Wildman–Crippen MR) is 89.0 cm³/mol. The highest BCUT2D eigenvalue weighted by atomic mass is 35.5. The molecule has 1 aromatic carbocycles. The molecule has 0 saturated heterocycles. The highest BCUT2D eigenvalue weighted by Crippen LogP contribution is 2.16. The Morgan fingerprint density at radius 1 is 1.22 bits per heavy atom. The molecule has 1 N–H and O–H groups in total. The molecular weight excluding hydrogens is 340 g/mol. The van der Waals surface area contributed by atoms with Crippen molar-refractivity contribution in [3.05, 3.63) is 29.3 Å². The zero-order valence-electron chi connectivity index (χ0n) is 13.4. The van der Waals surface area contributed by atoms with Crippen molar-refractivity contribution in [2.45, 2.75) is 31.2 Å². The number of carbonyl (C=O) groups excluding carboxylic acids is 2. The number of benzene rings is 1. The lowest BCUT2D eigenvalue weighted by Gasteiger charge is -2.18. The van der Waals surface area contributed by atoms with E-state index in [0.29, 0.717) is 5.02 Å². The van der Waals surface area contributed by atoms with E-state index in [1.165, 1.54) is 36.2 Å². The molecule has 0 saturated carbocycles. The summed E-state index contributed by atoms with van der Waals surface area (Å²) in [4.78, 5) is 24.9. The molecule has 0 atom stereocenters. The lowest BCUT2D eigenvalue weighted by atomic mass is 10.3. The van der Waals surface area contributed by atoms with E-state index in [4.69, 9.17) is 11.6 Å². The van der Waals surface area contributed by atoms with Gasteiger partial charge in [-0.1, -0.05) is 11.6 Å². The first-order valence-electron chi connectivity index (χ1n) is 7.13. The van der Waals surface area contributed by atoms with E-state index in [0.717, 1.165) is 0 Å². The van der Waals surface area contributed by atoms with Crippen LogP contribution in [0.15, 0.2) is 29.2 Å². The average Bonchev–Trinajstić information content (AvgIpc) is 2.44. The molecule has 23 heavy (non-hydrogen) atoms. The van der Waals surface area contributed by atoms with Gasteiger partial charge >= 0.3 is 0 Å². The third-order valence-electron chi connectivity index (χ3n) is 3.01. The molecule has 128 valence electrons. The summed E-state index contributed by atoms with van der Waals surface area (Å²) in [7, 11) is -2.09. The molecule has 0 aromatic heterocycles. The van der Waals surface area contributed by atoms with Gasteiger partial charge in [-0.3, -0.25) is 9.59 Å². The third kappa shape index (κ3) is 6.58. The molecule has 0 fully saturated rings. The number of nitrogens with zero attached hydrogens (tertiary/aromatic N) is 1. The van der Waals surface area contributed by atoms with Gasteiger partial charge in [-0.15, -0.1) is 0 Å². The Morgan fingerprint density at radius 2 is 1.78 bits per heavy atom. The van der Waals surface area contributed by atoms with E-state index in [-0.39, 0.29) is 35.6 Å². The van der Waals surface area contributed by atoms with Gasteiger partial charge in [0.05, 0.1) is 17.2 Å². The number of likely N-dealkylation sites (N-methyl/N-ethyl adjacent to an activating group) is 1. The fraction of sp³-hybridized carbons (Fsp3) is 0.467. The summed E-state index contributed by atoms with van der Waals surface area (Å²) in [5.41, 5.74) is 0. The van der Waals surface area contributed by atoms with Crippen LogP contribution < -0.4 is 5.32 Å². The normalized spacial score (nSPS) is 11.3. The van der Waals surface area contributed by atoms with Crippen molar-refractivity contribution in [3.8, 4) is 0 Å². The van der Waals surface area contributed by atoms with Gasteiger partial charge in [-0.05, 0) is 38.1 Å². The Hall–Kier alpha value is -1.60. The summed E-state index contributed by atoms with van der Waals surface area (Å²) < 4.78 is 24.3. The van der Waals surface area contributed by atoms with Crippen molar-refractivity contribution in [2.75, 3.05) is 19.3 Å². The fourth-order valence-corrected chi connectivity index (χ4v) is 3.20. The molecule has 8 heteroatoms. The van der Waals surface area contributed by atoms with Gasteiger partial charge < -0.3 is 10.2 Å². The minimum Gasteiger partial charge on any atom is -0.352 e. The van der Waals surface area contributed by atoms with E-state index < -0.39 is 15.7 Å². The van der Waals surface area contributed by atoms with Crippen LogP contribution >= 0.6 is 11.6 Å². The van der Waals surface area contributed by atoms with E-state index in [1.54, 1.807) is 0 Å². The molecule has 1 aromatic rings. The first-order chi connectivity index (χ1) is 10.6. The van der Waals surface area contributed by atoms with Crippen LogP contribution in [0.4, 0.5) is 0 Å².